The minimum Gasteiger partial charge on any atom is -0.388 e. The van der Waals surface area contributed by atoms with Crippen LogP contribution < -0.4 is 4.72 Å². The largest absolute Gasteiger partial charge is 0.388 e. The Kier molecular flexibility index (Phi) is 6.21. The van der Waals surface area contributed by atoms with E-state index in [0.717, 1.165) is 12.1 Å². The Morgan fingerprint density at radius 3 is 2.35 bits per heavy atom. The predicted octanol–water partition coefficient (Wildman–Crippen LogP) is 3.15. The first-order valence-electron chi connectivity index (χ1n) is 8.11. The van der Waals surface area contributed by atoms with E-state index in [9.17, 15) is 18.1 Å². The lowest BCUT2D eigenvalue weighted by Gasteiger charge is -2.35. The van der Waals surface area contributed by atoms with Crippen molar-refractivity contribution < 1.29 is 18.1 Å². The van der Waals surface area contributed by atoms with Crippen LogP contribution in [0.25, 0.3) is 0 Å². The zero-order valence-corrected chi connectivity index (χ0v) is 16.0. The number of rotatable bonds is 6. The average molecular weight is 383 g/mol. The van der Waals surface area contributed by atoms with Crippen molar-refractivity contribution in [2.24, 2.45) is 0 Å². The fraction of sp³-hybridized carbons (Fsp3) is 0.444. The van der Waals surface area contributed by atoms with Gasteiger partial charge in [-0.15, -0.1) is 0 Å². The summed E-state index contributed by atoms with van der Waals surface area (Å²) in [5, 5.41) is 10.6. The molecule has 5 nitrogen and oxygen atoms in total. The number of hydrogen-bond donors (Lipinski definition) is 2. The number of aliphatic hydroxyl groups excluding tert-OH is 1. The standard InChI is InChI=1S/C18H23F2N3O2S/c1-17(2,3)26(25)23-18(4,14-6-5-13(19)7-15(14)20)8-16(24)12-9-21-11-22-10-12/h5-7,9-11,16,23-24H,8H2,1-4H3/t16-,18+,26-/m1/s1. The Bertz CT molecular complexity index is 784. The van der Waals surface area contributed by atoms with E-state index in [1.54, 1.807) is 27.7 Å². The molecule has 2 rings (SSSR count). The van der Waals surface area contributed by atoms with Crippen LogP contribution in [0.3, 0.4) is 0 Å². The summed E-state index contributed by atoms with van der Waals surface area (Å²) in [5.74, 6) is -1.48. The Balaban J connectivity index is 2.42. The van der Waals surface area contributed by atoms with Crippen LogP contribution in [0.1, 0.15) is 51.3 Å². The van der Waals surface area contributed by atoms with Gasteiger partial charge in [-0.05, 0) is 33.8 Å². The van der Waals surface area contributed by atoms with Gasteiger partial charge in [-0.3, -0.25) is 0 Å². The lowest BCUT2D eigenvalue weighted by atomic mass is 9.85. The van der Waals surface area contributed by atoms with Crippen molar-refractivity contribution in [3.63, 3.8) is 0 Å². The second-order valence-electron chi connectivity index (χ2n) is 7.33. The second kappa shape index (κ2) is 7.85. The molecule has 0 aliphatic carbocycles. The van der Waals surface area contributed by atoms with E-state index in [-0.39, 0.29) is 12.0 Å². The molecule has 0 saturated heterocycles. The van der Waals surface area contributed by atoms with E-state index >= 15 is 0 Å². The van der Waals surface area contributed by atoms with Crippen molar-refractivity contribution >= 4 is 11.0 Å². The molecule has 0 spiro atoms. The highest BCUT2D eigenvalue weighted by molar-refractivity contribution is 7.84. The summed E-state index contributed by atoms with van der Waals surface area (Å²) in [7, 11) is -1.55. The van der Waals surface area contributed by atoms with Gasteiger partial charge in [-0.25, -0.2) is 27.7 Å². The predicted molar refractivity (Wildman–Crippen MR) is 96.3 cm³/mol. The molecule has 142 valence electrons. The van der Waals surface area contributed by atoms with E-state index in [1.807, 2.05) is 0 Å². The van der Waals surface area contributed by atoms with Gasteiger partial charge in [-0.1, -0.05) is 6.07 Å². The molecule has 0 aliphatic rings. The number of nitrogens with zero attached hydrogens (tertiary/aromatic N) is 2. The molecule has 0 fully saturated rings. The quantitative estimate of drug-likeness (QED) is 0.804. The van der Waals surface area contributed by atoms with Gasteiger partial charge in [0.2, 0.25) is 0 Å². The number of benzene rings is 1. The van der Waals surface area contributed by atoms with Gasteiger partial charge in [0.25, 0.3) is 0 Å². The SMILES string of the molecule is CC(C)(C)[S@@](=O)N[C@@](C)(C[C@@H](O)c1cncnc1)c1ccc(F)cc1F. The maximum Gasteiger partial charge on any atom is 0.131 e. The van der Waals surface area contributed by atoms with Crippen LogP contribution in [0.15, 0.2) is 36.9 Å². The van der Waals surface area contributed by atoms with Crippen molar-refractivity contribution in [2.75, 3.05) is 0 Å². The van der Waals surface area contributed by atoms with Gasteiger partial charge in [0.1, 0.15) is 18.0 Å². The second-order valence-corrected chi connectivity index (χ2v) is 9.30. The molecule has 0 radical (unpaired) electrons. The fourth-order valence-electron chi connectivity index (χ4n) is 2.49. The minimum atomic E-state index is -1.55. The Morgan fingerprint density at radius 2 is 1.81 bits per heavy atom. The van der Waals surface area contributed by atoms with E-state index in [4.69, 9.17) is 0 Å². The van der Waals surface area contributed by atoms with Gasteiger partial charge in [0, 0.05) is 36.0 Å². The van der Waals surface area contributed by atoms with Crippen LogP contribution >= 0.6 is 0 Å². The molecule has 0 aliphatic heterocycles. The lowest BCUT2D eigenvalue weighted by Crippen LogP contribution is -2.47. The van der Waals surface area contributed by atoms with Gasteiger partial charge >= 0.3 is 0 Å². The summed E-state index contributed by atoms with van der Waals surface area (Å²) in [6.07, 6.45) is 3.21. The van der Waals surface area contributed by atoms with Crippen LogP contribution in [-0.2, 0) is 16.5 Å². The van der Waals surface area contributed by atoms with E-state index in [0.29, 0.717) is 5.56 Å². The van der Waals surface area contributed by atoms with Crippen LogP contribution in [0.2, 0.25) is 0 Å². The molecule has 3 atom stereocenters. The average Bonchev–Trinajstić information content (AvgIpc) is 2.54. The third-order valence-electron chi connectivity index (χ3n) is 3.97. The number of halogens is 2. The number of hydrogen-bond acceptors (Lipinski definition) is 4. The number of aromatic nitrogens is 2. The van der Waals surface area contributed by atoms with E-state index in [1.165, 1.54) is 24.8 Å². The molecule has 0 amide bonds. The molecule has 0 unspecified atom stereocenters. The fourth-order valence-corrected chi connectivity index (χ4v) is 3.40. The molecule has 2 N–H and O–H groups in total. The van der Waals surface area contributed by atoms with Crippen molar-refractivity contribution in [1.29, 1.82) is 0 Å². The highest BCUT2D eigenvalue weighted by atomic mass is 32.2. The summed E-state index contributed by atoms with van der Waals surface area (Å²) >= 11 is 0. The van der Waals surface area contributed by atoms with Crippen LogP contribution in [-0.4, -0.2) is 24.0 Å². The summed E-state index contributed by atoms with van der Waals surface area (Å²) in [6, 6.07) is 3.20. The number of aliphatic hydroxyl groups is 1. The zero-order chi connectivity index (χ0) is 19.5. The summed E-state index contributed by atoms with van der Waals surface area (Å²) in [5.41, 5.74) is -0.650. The monoisotopic (exact) mass is 383 g/mol. The zero-order valence-electron chi connectivity index (χ0n) is 15.2. The summed E-state index contributed by atoms with van der Waals surface area (Å²) < 4.78 is 42.7. The van der Waals surface area contributed by atoms with E-state index < -0.39 is 39.0 Å². The summed E-state index contributed by atoms with van der Waals surface area (Å²) in [6.45, 7) is 6.96. The normalized spacial score (nSPS) is 16.7. The van der Waals surface area contributed by atoms with Crippen molar-refractivity contribution in [3.05, 3.63) is 59.7 Å². The van der Waals surface area contributed by atoms with E-state index in [2.05, 4.69) is 14.7 Å². The molecule has 0 saturated carbocycles. The molecule has 1 heterocycles. The summed E-state index contributed by atoms with van der Waals surface area (Å²) in [4.78, 5) is 7.73. The van der Waals surface area contributed by atoms with Gasteiger partial charge < -0.3 is 5.11 Å². The highest BCUT2D eigenvalue weighted by Crippen LogP contribution is 2.34. The molecule has 2 aromatic rings. The molecular formula is C18H23F2N3O2S. The maximum atomic E-state index is 14.5. The van der Waals surface area contributed by atoms with Gasteiger partial charge in [-0.2, -0.15) is 0 Å². The molecule has 1 aromatic carbocycles. The van der Waals surface area contributed by atoms with Crippen LogP contribution in [0.5, 0.6) is 0 Å². The third-order valence-corrected chi connectivity index (χ3v) is 5.71. The topological polar surface area (TPSA) is 75.1 Å². The van der Waals surface area contributed by atoms with Crippen molar-refractivity contribution in [1.82, 2.24) is 14.7 Å². The number of nitrogens with one attached hydrogen (secondary N) is 1. The molecule has 1 aromatic heterocycles. The molecule has 8 heteroatoms. The van der Waals surface area contributed by atoms with Gasteiger partial charge in [0.15, 0.2) is 0 Å². The van der Waals surface area contributed by atoms with Crippen LogP contribution in [0.4, 0.5) is 8.78 Å². The molecule has 0 bridgehead atoms. The first kappa shape index (κ1) is 20.5. The Hall–Kier alpha value is -1.77. The van der Waals surface area contributed by atoms with Crippen LogP contribution in [0, 0.1) is 11.6 Å². The lowest BCUT2D eigenvalue weighted by molar-refractivity contribution is 0.130. The Labute approximate surface area is 154 Å². The minimum absolute atomic E-state index is 0.00918. The first-order chi connectivity index (χ1) is 12.0. The Morgan fingerprint density at radius 1 is 1.19 bits per heavy atom. The smallest absolute Gasteiger partial charge is 0.131 e. The maximum absolute atomic E-state index is 14.5. The highest BCUT2D eigenvalue weighted by Gasteiger charge is 2.36. The molecular weight excluding hydrogens is 360 g/mol. The third kappa shape index (κ3) is 4.90. The van der Waals surface area contributed by atoms with Crippen molar-refractivity contribution in [2.45, 2.75) is 50.5 Å². The van der Waals surface area contributed by atoms with Crippen molar-refractivity contribution in [3.8, 4) is 0 Å². The van der Waals surface area contributed by atoms with Gasteiger partial charge in [0.05, 0.1) is 27.4 Å². The molecule has 26 heavy (non-hydrogen) atoms. The first-order valence-corrected chi connectivity index (χ1v) is 9.26.